The molecule has 19 heavy (non-hydrogen) atoms. The topological polar surface area (TPSA) is 90.9 Å². The zero-order chi connectivity index (χ0) is 14.4. The molecule has 1 unspecified atom stereocenters. The number of aliphatic hydroxyl groups is 1. The maximum absolute atomic E-state index is 13.4. The van der Waals surface area contributed by atoms with Gasteiger partial charge in [0.05, 0.1) is 6.61 Å². The lowest BCUT2D eigenvalue weighted by Crippen LogP contribution is -2.36. The molecule has 5 nitrogen and oxygen atoms in total. The summed E-state index contributed by atoms with van der Waals surface area (Å²) < 4.78 is 13.4. The molecule has 1 aromatic rings. The summed E-state index contributed by atoms with van der Waals surface area (Å²) in [5.41, 5.74) is 6.43. The number of benzene rings is 1. The molecule has 0 saturated heterocycles. The Hall–Kier alpha value is -1.66. The Morgan fingerprint density at radius 2 is 2.11 bits per heavy atom. The molecule has 0 saturated carbocycles. The third kappa shape index (κ3) is 4.50. The molecule has 0 aliphatic heterocycles. The van der Waals surface area contributed by atoms with Gasteiger partial charge in [0.25, 0.3) is 0 Å². The Balaban J connectivity index is 2.81. The van der Waals surface area contributed by atoms with Gasteiger partial charge in [-0.25, -0.2) is 4.39 Å². The van der Waals surface area contributed by atoms with Crippen LogP contribution in [0.15, 0.2) is 23.4 Å². The van der Waals surface area contributed by atoms with Crippen LogP contribution in [0.3, 0.4) is 0 Å². The van der Waals surface area contributed by atoms with Gasteiger partial charge >= 0.3 is 0 Å². The number of nitrogens with zero attached hydrogens (tertiary/aromatic N) is 1. The lowest BCUT2D eigenvalue weighted by Gasteiger charge is -2.20. The number of nitrogens with two attached hydrogens (primary N) is 1. The normalized spacial score (nSPS) is 13.8. The van der Waals surface area contributed by atoms with Gasteiger partial charge in [-0.15, -0.1) is 0 Å². The van der Waals surface area contributed by atoms with Crippen molar-refractivity contribution in [2.45, 2.75) is 26.4 Å². The summed E-state index contributed by atoms with van der Waals surface area (Å²) in [7, 11) is 0. The molecule has 1 aromatic carbocycles. The lowest BCUT2D eigenvalue weighted by atomic mass is 10.0. The minimum atomic E-state index is -0.453. The van der Waals surface area contributed by atoms with E-state index in [2.05, 4.69) is 10.5 Å². The van der Waals surface area contributed by atoms with Gasteiger partial charge in [-0.2, -0.15) is 0 Å². The molecule has 0 heterocycles. The molecule has 0 aromatic heterocycles. The first-order valence-electron chi connectivity index (χ1n) is 6.09. The Bertz CT molecular complexity index is 450. The fourth-order valence-electron chi connectivity index (χ4n) is 1.72. The monoisotopic (exact) mass is 269 g/mol. The second-order valence-electron chi connectivity index (χ2n) is 4.75. The molecule has 0 aliphatic carbocycles. The maximum atomic E-state index is 13.4. The minimum Gasteiger partial charge on any atom is -0.409 e. The molecular weight excluding hydrogens is 249 g/mol. The summed E-state index contributed by atoms with van der Waals surface area (Å²) in [5.74, 6) is -0.323. The van der Waals surface area contributed by atoms with Gasteiger partial charge in [0.1, 0.15) is 5.82 Å². The fourth-order valence-corrected chi connectivity index (χ4v) is 1.72. The molecular formula is C13H20FN3O2. The summed E-state index contributed by atoms with van der Waals surface area (Å²) in [6.07, 6.45) is 0. The van der Waals surface area contributed by atoms with Crippen molar-refractivity contribution in [3.8, 4) is 0 Å². The molecule has 0 radical (unpaired) electrons. The van der Waals surface area contributed by atoms with Crippen LogP contribution in [0.2, 0.25) is 0 Å². The molecule has 6 heteroatoms. The highest BCUT2D eigenvalue weighted by atomic mass is 19.1. The van der Waals surface area contributed by atoms with Gasteiger partial charge in [-0.3, -0.25) is 0 Å². The van der Waals surface area contributed by atoms with Gasteiger partial charge in [0.2, 0.25) is 0 Å². The zero-order valence-corrected chi connectivity index (χ0v) is 11.1. The van der Waals surface area contributed by atoms with Gasteiger partial charge < -0.3 is 21.4 Å². The highest BCUT2D eigenvalue weighted by Gasteiger charge is 2.12. The van der Waals surface area contributed by atoms with Crippen molar-refractivity contribution >= 4 is 5.84 Å². The van der Waals surface area contributed by atoms with Crippen LogP contribution in [0.1, 0.15) is 25.0 Å². The molecule has 106 valence electrons. The smallest absolute Gasteiger partial charge is 0.170 e. The van der Waals surface area contributed by atoms with E-state index in [0.29, 0.717) is 17.7 Å². The predicted molar refractivity (Wildman–Crippen MR) is 71.5 cm³/mol. The first-order valence-corrected chi connectivity index (χ1v) is 6.09. The van der Waals surface area contributed by atoms with Crippen molar-refractivity contribution < 1.29 is 14.7 Å². The first-order chi connectivity index (χ1) is 8.97. The number of amidine groups is 1. The Morgan fingerprint density at radius 1 is 1.42 bits per heavy atom. The zero-order valence-electron chi connectivity index (χ0n) is 11.1. The summed E-state index contributed by atoms with van der Waals surface area (Å²) in [4.78, 5) is 0. The number of hydrogen-bond donors (Lipinski definition) is 4. The van der Waals surface area contributed by atoms with Crippen LogP contribution in [-0.4, -0.2) is 28.8 Å². The maximum Gasteiger partial charge on any atom is 0.170 e. The van der Waals surface area contributed by atoms with E-state index < -0.39 is 5.82 Å². The van der Waals surface area contributed by atoms with E-state index in [9.17, 15) is 9.50 Å². The van der Waals surface area contributed by atoms with Crippen molar-refractivity contribution in [2.24, 2.45) is 16.8 Å². The Kier molecular flexibility index (Phi) is 5.72. The van der Waals surface area contributed by atoms with E-state index in [1.165, 1.54) is 12.1 Å². The summed E-state index contributed by atoms with van der Waals surface area (Å²) in [6, 6.07) is 4.15. The summed E-state index contributed by atoms with van der Waals surface area (Å²) >= 11 is 0. The van der Waals surface area contributed by atoms with E-state index in [1.54, 1.807) is 6.07 Å². The number of oxime groups is 1. The number of hydrogen-bond acceptors (Lipinski definition) is 4. The third-order valence-corrected chi connectivity index (χ3v) is 2.93. The van der Waals surface area contributed by atoms with E-state index in [4.69, 9.17) is 10.9 Å². The standard InChI is InChI=1S/C13H20FN3O2/c1-8(2)12(7-18)16-6-9-3-10(13(15)17-19)5-11(14)4-9/h3-5,8,12,16,18-19H,6-7H2,1-2H3,(H2,15,17). The largest absolute Gasteiger partial charge is 0.409 e. The number of halogens is 1. The number of rotatable bonds is 6. The molecule has 0 bridgehead atoms. The molecule has 1 rings (SSSR count). The van der Waals surface area contributed by atoms with Crippen molar-refractivity contribution in [1.29, 1.82) is 0 Å². The van der Waals surface area contributed by atoms with Crippen molar-refractivity contribution in [3.63, 3.8) is 0 Å². The van der Waals surface area contributed by atoms with Gasteiger partial charge in [-0.1, -0.05) is 19.0 Å². The van der Waals surface area contributed by atoms with Crippen LogP contribution in [0.4, 0.5) is 4.39 Å². The Morgan fingerprint density at radius 3 is 2.63 bits per heavy atom. The van der Waals surface area contributed by atoms with Crippen molar-refractivity contribution in [3.05, 3.63) is 35.1 Å². The lowest BCUT2D eigenvalue weighted by molar-refractivity contribution is 0.210. The highest BCUT2D eigenvalue weighted by Crippen LogP contribution is 2.10. The van der Waals surface area contributed by atoms with E-state index in [-0.39, 0.29) is 24.4 Å². The van der Waals surface area contributed by atoms with Crippen LogP contribution in [-0.2, 0) is 6.54 Å². The van der Waals surface area contributed by atoms with Gasteiger partial charge in [0, 0.05) is 18.2 Å². The third-order valence-electron chi connectivity index (χ3n) is 2.93. The summed E-state index contributed by atoms with van der Waals surface area (Å²) in [5, 5.41) is 23.8. The minimum absolute atomic E-state index is 0.0140. The second-order valence-corrected chi connectivity index (χ2v) is 4.75. The van der Waals surface area contributed by atoms with Crippen LogP contribution in [0, 0.1) is 11.7 Å². The molecule has 0 fully saturated rings. The van der Waals surface area contributed by atoms with Crippen molar-refractivity contribution in [2.75, 3.05) is 6.61 Å². The van der Waals surface area contributed by atoms with Crippen LogP contribution >= 0.6 is 0 Å². The SMILES string of the molecule is CC(C)C(CO)NCc1cc(F)cc(/C(N)=N/O)c1. The van der Waals surface area contributed by atoms with E-state index in [0.717, 1.165) is 0 Å². The van der Waals surface area contributed by atoms with Crippen LogP contribution in [0.5, 0.6) is 0 Å². The quantitative estimate of drug-likeness (QED) is 0.269. The second kappa shape index (κ2) is 7.06. The summed E-state index contributed by atoms with van der Waals surface area (Å²) in [6.45, 7) is 4.38. The fraction of sp³-hybridized carbons (Fsp3) is 0.462. The highest BCUT2D eigenvalue weighted by molar-refractivity contribution is 5.97. The van der Waals surface area contributed by atoms with Gasteiger partial charge in [-0.05, 0) is 29.7 Å². The van der Waals surface area contributed by atoms with Gasteiger partial charge in [0.15, 0.2) is 5.84 Å². The van der Waals surface area contributed by atoms with Crippen molar-refractivity contribution in [1.82, 2.24) is 5.32 Å². The van der Waals surface area contributed by atoms with E-state index in [1.807, 2.05) is 13.8 Å². The first kappa shape index (κ1) is 15.4. The average molecular weight is 269 g/mol. The molecule has 1 atom stereocenters. The molecule has 0 amide bonds. The average Bonchev–Trinajstić information content (AvgIpc) is 2.37. The molecule has 5 N–H and O–H groups in total. The molecule has 0 aliphatic rings. The number of aliphatic hydroxyl groups excluding tert-OH is 1. The molecule has 0 spiro atoms. The van der Waals surface area contributed by atoms with Crippen LogP contribution in [0.25, 0.3) is 0 Å². The Labute approximate surface area is 111 Å². The number of nitrogens with one attached hydrogen (secondary N) is 1. The predicted octanol–water partition coefficient (Wildman–Crippen LogP) is 1.03. The van der Waals surface area contributed by atoms with Crippen LogP contribution < -0.4 is 11.1 Å². The van der Waals surface area contributed by atoms with E-state index >= 15 is 0 Å².